The Labute approximate surface area is 198 Å². The van der Waals surface area contributed by atoms with Crippen molar-refractivity contribution in [3.8, 4) is 5.75 Å². The topological polar surface area (TPSA) is 108 Å². The molecule has 1 aliphatic heterocycles. The van der Waals surface area contributed by atoms with Gasteiger partial charge in [0.2, 0.25) is 11.8 Å². The molecular formula is C25H28N4O5. The lowest BCUT2D eigenvalue weighted by Crippen LogP contribution is -2.47. The van der Waals surface area contributed by atoms with Crippen LogP contribution in [0.15, 0.2) is 48.5 Å². The summed E-state index contributed by atoms with van der Waals surface area (Å²) in [6.45, 7) is 1.57. The van der Waals surface area contributed by atoms with Crippen molar-refractivity contribution in [2.45, 2.75) is 31.7 Å². The summed E-state index contributed by atoms with van der Waals surface area (Å²) in [5, 5.41) is 5.57. The molecule has 0 radical (unpaired) electrons. The lowest BCUT2D eigenvalue weighted by atomic mass is 9.92. The number of urea groups is 1. The van der Waals surface area contributed by atoms with Crippen molar-refractivity contribution in [1.82, 2.24) is 15.1 Å². The number of carbonyl (C=O) groups is 4. The average molecular weight is 465 g/mol. The molecule has 2 N–H and O–H groups in total. The molecule has 1 spiro atoms. The monoisotopic (exact) mass is 464 g/mol. The number of amides is 5. The molecule has 0 bridgehead atoms. The maximum atomic E-state index is 13.3. The molecule has 0 aromatic heterocycles. The number of ether oxygens (including phenoxy) is 1. The Hall–Kier alpha value is -3.88. The largest absolute Gasteiger partial charge is 0.495 e. The Bertz CT molecular complexity index is 1130. The number of anilines is 1. The first-order chi connectivity index (χ1) is 16.4. The van der Waals surface area contributed by atoms with E-state index in [0.717, 1.165) is 16.0 Å². The number of hydrogen-bond donors (Lipinski definition) is 2. The van der Waals surface area contributed by atoms with Crippen molar-refractivity contribution in [1.29, 1.82) is 0 Å². The highest BCUT2D eigenvalue weighted by molar-refractivity contribution is 6.10. The third-order valence-electron chi connectivity index (χ3n) is 6.28. The van der Waals surface area contributed by atoms with Gasteiger partial charge in [-0.3, -0.25) is 19.3 Å². The standard InChI is InChI=1S/C25H28N4O5/c1-3-14-28(15-21(30)26-19-10-6-7-11-20(19)34-2)22(31)16-29-23(32)25(27-24(29)33)13-12-17-8-4-5-9-18(17)25/h4-11H,3,12-16H2,1-2H3,(H,26,30)(H,27,33). The van der Waals surface area contributed by atoms with Crippen molar-refractivity contribution < 1.29 is 23.9 Å². The number of benzene rings is 2. The Morgan fingerprint density at radius 2 is 1.88 bits per heavy atom. The number of aryl methyl sites for hydroxylation is 1. The average Bonchev–Trinajstić information content (AvgIpc) is 3.32. The van der Waals surface area contributed by atoms with E-state index in [2.05, 4.69) is 10.6 Å². The Balaban J connectivity index is 1.45. The molecule has 2 aromatic rings. The maximum absolute atomic E-state index is 13.3. The number of para-hydroxylation sites is 2. The fourth-order valence-corrected chi connectivity index (χ4v) is 4.64. The number of nitrogens with one attached hydrogen (secondary N) is 2. The third-order valence-corrected chi connectivity index (χ3v) is 6.28. The van der Waals surface area contributed by atoms with Gasteiger partial charge < -0.3 is 20.3 Å². The zero-order valence-corrected chi connectivity index (χ0v) is 19.3. The van der Waals surface area contributed by atoms with Gasteiger partial charge in [0.1, 0.15) is 17.8 Å². The molecule has 1 aliphatic carbocycles. The lowest BCUT2D eigenvalue weighted by Gasteiger charge is -2.25. The summed E-state index contributed by atoms with van der Waals surface area (Å²) in [4.78, 5) is 54.1. The van der Waals surface area contributed by atoms with Crippen LogP contribution in [-0.2, 0) is 26.3 Å². The molecule has 2 aromatic carbocycles. The van der Waals surface area contributed by atoms with Crippen molar-refractivity contribution in [2.75, 3.05) is 32.1 Å². The van der Waals surface area contributed by atoms with Gasteiger partial charge in [0.05, 0.1) is 19.3 Å². The van der Waals surface area contributed by atoms with Gasteiger partial charge in [-0.25, -0.2) is 4.79 Å². The summed E-state index contributed by atoms with van der Waals surface area (Å²) < 4.78 is 5.25. The second kappa shape index (κ2) is 9.54. The number of carbonyl (C=O) groups excluding carboxylic acids is 4. The number of nitrogens with zero attached hydrogens (tertiary/aromatic N) is 2. The zero-order chi connectivity index (χ0) is 24.3. The van der Waals surface area contributed by atoms with Gasteiger partial charge in [-0.1, -0.05) is 43.3 Å². The maximum Gasteiger partial charge on any atom is 0.325 e. The van der Waals surface area contributed by atoms with Crippen LogP contribution in [0.1, 0.15) is 30.9 Å². The summed E-state index contributed by atoms with van der Waals surface area (Å²) in [5.41, 5.74) is 1.18. The minimum Gasteiger partial charge on any atom is -0.495 e. The summed E-state index contributed by atoms with van der Waals surface area (Å²) in [6, 6.07) is 13.9. The molecule has 9 heteroatoms. The summed E-state index contributed by atoms with van der Waals surface area (Å²) >= 11 is 0. The van der Waals surface area contributed by atoms with Crippen LogP contribution in [0.4, 0.5) is 10.5 Å². The Morgan fingerprint density at radius 3 is 2.65 bits per heavy atom. The molecule has 5 amide bonds. The van der Waals surface area contributed by atoms with Crippen LogP contribution < -0.4 is 15.4 Å². The molecule has 1 heterocycles. The van der Waals surface area contributed by atoms with Gasteiger partial charge in [-0.15, -0.1) is 0 Å². The molecule has 1 fully saturated rings. The zero-order valence-electron chi connectivity index (χ0n) is 19.3. The van der Waals surface area contributed by atoms with E-state index >= 15 is 0 Å². The Morgan fingerprint density at radius 1 is 1.15 bits per heavy atom. The van der Waals surface area contributed by atoms with Crippen LogP contribution in [0.3, 0.4) is 0 Å². The number of rotatable bonds is 8. The SMILES string of the molecule is CCCN(CC(=O)Nc1ccccc1OC)C(=O)CN1C(=O)NC2(CCc3ccccc32)C1=O. The van der Waals surface area contributed by atoms with Crippen molar-refractivity contribution in [2.24, 2.45) is 0 Å². The van der Waals surface area contributed by atoms with E-state index in [0.29, 0.717) is 37.2 Å². The van der Waals surface area contributed by atoms with Crippen molar-refractivity contribution in [3.63, 3.8) is 0 Å². The lowest BCUT2D eigenvalue weighted by molar-refractivity contribution is -0.140. The molecule has 178 valence electrons. The fraction of sp³-hybridized carbons (Fsp3) is 0.360. The van der Waals surface area contributed by atoms with Crippen molar-refractivity contribution in [3.05, 3.63) is 59.7 Å². The summed E-state index contributed by atoms with van der Waals surface area (Å²) in [5.74, 6) is -0.787. The van der Waals surface area contributed by atoms with E-state index in [4.69, 9.17) is 4.74 Å². The molecule has 2 aliphatic rings. The van der Waals surface area contributed by atoms with Gasteiger partial charge in [0, 0.05) is 6.54 Å². The first kappa shape index (κ1) is 23.3. The molecule has 0 saturated carbocycles. The predicted molar refractivity (Wildman–Crippen MR) is 125 cm³/mol. The second-order valence-electron chi connectivity index (χ2n) is 8.45. The fourth-order valence-electron chi connectivity index (χ4n) is 4.64. The minimum atomic E-state index is -1.12. The number of hydrogen-bond acceptors (Lipinski definition) is 5. The van der Waals surface area contributed by atoms with E-state index < -0.39 is 35.8 Å². The smallest absolute Gasteiger partial charge is 0.325 e. The van der Waals surface area contributed by atoms with Crippen LogP contribution >= 0.6 is 0 Å². The van der Waals surface area contributed by atoms with Crippen LogP contribution in [0, 0.1) is 0 Å². The molecule has 1 unspecified atom stereocenters. The summed E-state index contributed by atoms with van der Waals surface area (Å²) in [7, 11) is 1.51. The number of fused-ring (bicyclic) bond motifs is 2. The van der Waals surface area contributed by atoms with Crippen LogP contribution in [0.2, 0.25) is 0 Å². The second-order valence-corrected chi connectivity index (χ2v) is 8.45. The highest BCUT2D eigenvalue weighted by Crippen LogP contribution is 2.41. The van der Waals surface area contributed by atoms with Gasteiger partial charge in [0.25, 0.3) is 5.91 Å². The van der Waals surface area contributed by atoms with E-state index in [1.165, 1.54) is 12.0 Å². The van der Waals surface area contributed by atoms with E-state index in [-0.39, 0.29) is 6.54 Å². The predicted octanol–water partition coefficient (Wildman–Crippen LogP) is 2.27. The molecule has 1 saturated heterocycles. The highest BCUT2D eigenvalue weighted by atomic mass is 16.5. The van der Waals surface area contributed by atoms with Gasteiger partial charge in [-0.05, 0) is 42.5 Å². The first-order valence-corrected chi connectivity index (χ1v) is 11.3. The van der Waals surface area contributed by atoms with E-state index in [9.17, 15) is 19.2 Å². The number of methoxy groups -OCH3 is 1. The normalized spacial score (nSPS) is 18.6. The molecule has 34 heavy (non-hydrogen) atoms. The van der Waals surface area contributed by atoms with Crippen molar-refractivity contribution >= 4 is 29.4 Å². The minimum absolute atomic E-state index is 0.206. The number of imide groups is 1. The third kappa shape index (κ3) is 4.21. The van der Waals surface area contributed by atoms with E-state index in [1.54, 1.807) is 24.3 Å². The van der Waals surface area contributed by atoms with Gasteiger partial charge in [-0.2, -0.15) is 0 Å². The van der Waals surface area contributed by atoms with Crippen LogP contribution in [0.25, 0.3) is 0 Å². The van der Waals surface area contributed by atoms with Gasteiger partial charge >= 0.3 is 6.03 Å². The highest BCUT2D eigenvalue weighted by Gasteiger charge is 2.55. The van der Waals surface area contributed by atoms with E-state index in [1.807, 2.05) is 31.2 Å². The molecule has 1 atom stereocenters. The Kier molecular flexibility index (Phi) is 6.54. The summed E-state index contributed by atoms with van der Waals surface area (Å²) in [6.07, 6.45) is 1.75. The van der Waals surface area contributed by atoms with Gasteiger partial charge in [0.15, 0.2) is 0 Å². The molecular weight excluding hydrogens is 436 g/mol. The quantitative estimate of drug-likeness (QED) is 0.583. The van der Waals surface area contributed by atoms with Crippen LogP contribution in [-0.4, -0.2) is 60.3 Å². The molecule has 9 nitrogen and oxygen atoms in total. The first-order valence-electron chi connectivity index (χ1n) is 11.3. The molecule has 4 rings (SSSR count). The van der Waals surface area contributed by atoms with Crippen LogP contribution in [0.5, 0.6) is 5.75 Å².